The van der Waals surface area contributed by atoms with Gasteiger partial charge in [-0.15, -0.1) is 70.8 Å². The SMILES string of the molecule is CC(C)(C)c1cc[c-]c(-c2cccc(C3(c4cccc(-c5[c-]ccc(C(C)(C)C)c5)n4)c4ccccc4-c4ccccc43)n2)c1.[Pt+2]. The number of benzene rings is 4. The van der Waals surface area contributed by atoms with Gasteiger partial charge < -0.3 is 0 Å². The maximum atomic E-state index is 5.46. The molecular weight excluding hydrogens is 740 g/mol. The third-order valence-corrected chi connectivity index (χ3v) is 9.11. The van der Waals surface area contributed by atoms with E-state index in [1.807, 2.05) is 12.1 Å². The minimum atomic E-state index is -0.706. The summed E-state index contributed by atoms with van der Waals surface area (Å²) in [4.78, 5) is 10.9. The molecule has 2 nitrogen and oxygen atoms in total. The molecule has 1 aliphatic carbocycles. The van der Waals surface area contributed by atoms with Crippen molar-refractivity contribution in [2.75, 3.05) is 0 Å². The second-order valence-corrected chi connectivity index (χ2v) is 14.1. The van der Waals surface area contributed by atoms with Gasteiger partial charge in [-0.25, -0.2) is 0 Å². The fourth-order valence-corrected chi connectivity index (χ4v) is 6.67. The van der Waals surface area contributed by atoms with E-state index in [-0.39, 0.29) is 31.9 Å². The third kappa shape index (κ3) is 5.37. The van der Waals surface area contributed by atoms with Crippen molar-refractivity contribution in [2.45, 2.75) is 57.8 Å². The molecule has 4 aromatic carbocycles. The molecule has 0 bridgehead atoms. The molecule has 0 amide bonds. The van der Waals surface area contributed by atoms with Gasteiger partial charge in [-0.1, -0.05) is 114 Å². The predicted octanol–water partition coefficient (Wildman–Crippen LogP) is 10.4. The Labute approximate surface area is 288 Å². The van der Waals surface area contributed by atoms with Crippen LogP contribution in [0.5, 0.6) is 0 Å². The van der Waals surface area contributed by atoms with Crippen molar-refractivity contribution < 1.29 is 21.1 Å². The Kier molecular flexibility index (Phi) is 8.24. The van der Waals surface area contributed by atoms with Crippen LogP contribution in [0.3, 0.4) is 0 Å². The van der Waals surface area contributed by atoms with Crippen LogP contribution >= 0.6 is 0 Å². The molecule has 0 fully saturated rings. The summed E-state index contributed by atoms with van der Waals surface area (Å²) in [5, 5.41) is 0. The largest absolute Gasteiger partial charge is 2.00 e. The average Bonchev–Trinajstić information content (AvgIpc) is 3.35. The van der Waals surface area contributed by atoms with E-state index in [4.69, 9.17) is 9.97 Å². The smallest absolute Gasteiger partial charge is 0.300 e. The van der Waals surface area contributed by atoms with Crippen molar-refractivity contribution in [1.82, 2.24) is 9.97 Å². The van der Waals surface area contributed by atoms with E-state index in [0.29, 0.717) is 0 Å². The molecule has 46 heavy (non-hydrogen) atoms. The van der Waals surface area contributed by atoms with Crippen LogP contribution < -0.4 is 0 Å². The first-order chi connectivity index (χ1) is 21.6. The van der Waals surface area contributed by atoms with E-state index >= 15 is 0 Å². The van der Waals surface area contributed by atoms with Crippen molar-refractivity contribution >= 4 is 0 Å². The van der Waals surface area contributed by atoms with Crippen molar-refractivity contribution in [3.8, 4) is 33.6 Å². The van der Waals surface area contributed by atoms with Gasteiger partial charge in [0, 0.05) is 0 Å². The molecule has 0 aliphatic heterocycles. The molecule has 0 radical (unpaired) electrons. The Hall–Kier alpha value is -4.13. The Morgan fingerprint density at radius 3 is 1.33 bits per heavy atom. The molecule has 0 unspecified atom stereocenters. The molecule has 0 N–H and O–H groups in total. The minimum Gasteiger partial charge on any atom is -0.300 e. The summed E-state index contributed by atoms with van der Waals surface area (Å²) >= 11 is 0. The van der Waals surface area contributed by atoms with Crippen LogP contribution in [0.25, 0.3) is 33.6 Å². The van der Waals surface area contributed by atoms with Crippen LogP contribution in [0.4, 0.5) is 0 Å². The number of hydrogen-bond donors (Lipinski definition) is 0. The topological polar surface area (TPSA) is 25.8 Å². The van der Waals surface area contributed by atoms with E-state index in [1.165, 1.54) is 33.4 Å². The molecule has 0 atom stereocenters. The Morgan fingerprint density at radius 1 is 0.500 bits per heavy atom. The predicted molar refractivity (Wildman–Crippen MR) is 185 cm³/mol. The van der Waals surface area contributed by atoms with Gasteiger partial charge in [0.2, 0.25) is 0 Å². The Balaban J connectivity index is 0.00000372. The van der Waals surface area contributed by atoms with E-state index in [2.05, 4.69) is 163 Å². The molecule has 2 aromatic heterocycles. The van der Waals surface area contributed by atoms with E-state index in [0.717, 1.165) is 33.9 Å². The summed E-state index contributed by atoms with van der Waals surface area (Å²) in [6, 6.07) is 50.0. The minimum absolute atomic E-state index is 0. The van der Waals surface area contributed by atoms with Crippen LogP contribution in [0.15, 0.2) is 121 Å². The van der Waals surface area contributed by atoms with Crippen LogP contribution in [-0.2, 0) is 37.3 Å². The molecular formula is C43H38N2Pt. The summed E-state index contributed by atoms with van der Waals surface area (Å²) in [5.74, 6) is 0. The summed E-state index contributed by atoms with van der Waals surface area (Å²) in [6.07, 6.45) is 0. The van der Waals surface area contributed by atoms with Crippen molar-refractivity contribution in [1.29, 1.82) is 0 Å². The number of aromatic nitrogens is 2. The third-order valence-electron chi connectivity index (χ3n) is 9.11. The number of nitrogens with zero attached hydrogens (tertiary/aromatic N) is 2. The van der Waals surface area contributed by atoms with E-state index in [9.17, 15) is 0 Å². The maximum Gasteiger partial charge on any atom is 2.00 e. The van der Waals surface area contributed by atoms with Gasteiger partial charge in [0.15, 0.2) is 0 Å². The van der Waals surface area contributed by atoms with E-state index in [1.54, 1.807) is 0 Å². The Morgan fingerprint density at radius 2 is 0.913 bits per heavy atom. The summed E-state index contributed by atoms with van der Waals surface area (Å²) in [5.41, 5.74) is 12.4. The second-order valence-electron chi connectivity index (χ2n) is 14.1. The average molecular weight is 778 g/mol. The molecule has 0 saturated carbocycles. The van der Waals surface area contributed by atoms with Crippen LogP contribution in [-0.4, -0.2) is 9.97 Å². The monoisotopic (exact) mass is 777 g/mol. The fourth-order valence-electron chi connectivity index (χ4n) is 6.67. The van der Waals surface area contributed by atoms with Crippen LogP contribution in [0.2, 0.25) is 0 Å². The zero-order valence-electron chi connectivity index (χ0n) is 27.3. The Bertz CT molecular complexity index is 1900. The van der Waals surface area contributed by atoms with Gasteiger partial charge in [0.1, 0.15) is 5.41 Å². The van der Waals surface area contributed by atoms with Gasteiger partial charge in [-0.2, -0.15) is 0 Å². The number of fused-ring (bicyclic) bond motifs is 3. The first-order valence-electron chi connectivity index (χ1n) is 15.8. The molecule has 0 spiro atoms. The maximum absolute atomic E-state index is 5.46. The molecule has 7 rings (SSSR count). The molecule has 230 valence electrons. The van der Waals surface area contributed by atoms with Crippen LogP contribution in [0.1, 0.15) is 75.2 Å². The zero-order valence-corrected chi connectivity index (χ0v) is 29.5. The van der Waals surface area contributed by atoms with Gasteiger partial charge in [0.25, 0.3) is 0 Å². The molecule has 2 heterocycles. The quantitative estimate of drug-likeness (QED) is 0.166. The number of pyridine rings is 2. The molecule has 0 saturated heterocycles. The van der Waals surface area contributed by atoms with Crippen LogP contribution in [0, 0.1) is 12.1 Å². The number of rotatable bonds is 4. The van der Waals surface area contributed by atoms with Crippen molar-refractivity contribution in [2.24, 2.45) is 0 Å². The van der Waals surface area contributed by atoms with Gasteiger partial charge in [0.05, 0.1) is 11.4 Å². The first kappa shape index (κ1) is 31.8. The summed E-state index contributed by atoms with van der Waals surface area (Å²) in [6.45, 7) is 13.4. The molecule has 3 heteroatoms. The van der Waals surface area contributed by atoms with Crippen molar-refractivity contribution in [3.63, 3.8) is 0 Å². The standard InChI is InChI=1S/C43H38N2.Pt/c1-41(2,3)31-17-11-15-29(27-31)37-23-13-25-39(44-37)43(35-21-9-7-19-33(35)34-20-8-10-22-36(34)43)40-26-14-24-38(45-40)30-16-12-18-32(28-30)42(4,5)6;/h7-14,17-28H,1-6H3;/q-2;+2. The second kappa shape index (κ2) is 11.9. The van der Waals surface area contributed by atoms with Gasteiger partial charge >= 0.3 is 21.1 Å². The molecule has 1 aliphatic rings. The molecule has 6 aromatic rings. The van der Waals surface area contributed by atoms with Gasteiger partial charge in [-0.05, 0) is 56.6 Å². The normalized spacial score (nSPS) is 13.4. The number of hydrogen-bond acceptors (Lipinski definition) is 2. The summed E-state index contributed by atoms with van der Waals surface area (Å²) in [7, 11) is 0. The van der Waals surface area contributed by atoms with E-state index < -0.39 is 5.41 Å². The van der Waals surface area contributed by atoms with Crippen molar-refractivity contribution in [3.05, 3.63) is 167 Å². The first-order valence-corrected chi connectivity index (χ1v) is 15.8. The van der Waals surface area contributed by atoms with Gasteiger partial charge in [-0.3, -0.25) is 9.97 Å². The summed E-state index contributed by atoms with van der Waals surface area (Å²) < 4.78 is 0. The zero-order chi connectivity index (χ0) is 31.4. The fraction of sp³-hybridized carbons (Fsp3) is 0.209.